The summed E-state index contributed by atoms with van der Waals surface area (Å²) in [7, 11) is 0. The summed E-state index contributed by atoms with van der Waals surface area (Å²) in [5.74, 6) is 0.136. The van der Waals surface area contributed by atoms with Gasteiger partial charge in [-0.3, -0.25) is 4.90 Å². The quantitative estimate of drug-likeness (QED) is 0.780. The van der Waals surface area contributed by atoms with Crippen LogP contribution < -0.4 is 0 Å². The Morgan fingerprint density at radius 2 is 1.88 bits per heavy atom. The zero-order chi connectivity index (χ0) is 18.7. The standard InChI is InChI=1S/C20H28F3NO2/c1-14(2)26-19-7-6-16(13-18(19)24-8-10-25-11-9-24)15-4-3-5-17(12-15)20(21,22)23/h3-5,12,14,16,18-19H,6-11,13H2,1-2H3/t16-,18-,19-/m0/s1. The van der Waals surface area contributed by atoms with E-state index in [1.807, 2.05) is 19.9 Å². The number of alkyl halides is 3. The minimum Gasteiger partial charge on any atom is -0.379 e. The molecular formula is C20H28F3NO2. The van der Waals surface area contributed by atoms with Crippen molar-refractivity contribution in [2.45, 2.75) is 63.5 Å². The highest BCUT2D eigenvalue weighted by atomic mass is 19.4. The predicted octanol–water partition coefficient (Wildman–Crippen LogP) is 4.47. The molecule has 1 aromatic carbocycles. The first-order valence-electron chi connectivity index (χ1n) is 9.49. The van der Waals surface area contributed by atoms with Crippen molar-refractivity contribution >= 4 is 0 Å². The molecule has 1 aliphatic heterocycles. The molecule has 2 aliphatic rings. The van der Waals surface area contributed by atoms with Crippen molar-refractivity contribution in [3.05, 3.63) is 35.4 Å². The number of nitrogens with zero attached hydrogens (tertiary/aromatic N) is 1. The van der Waals surface area contributed by atoms with E-state index < -0.39 is 11.7 Å². The molecule has 1 saturated heterocycles. The predicted molar refractivity (Wildman–Crippen MR) is 94.2 cm³/mol. The summed E-state index contributed by atoms with van der Waals surface area (Å²) in [6.07, 6.45) is -1.44. The van der Waals surface area contributed by atoms with Gasteiger partial charge in [-0.1, -0.05) is 18.2 Å². The van der Waals surface area contributed by atoms with Gasteiger partial charge in [0.05, 0.1) is 31.0 Å². The summed E-state index contributed by atoms with van der Waals surface area (Å²) in [6.45, 7) is 7.21. The van der Waals surface area contributed by atoms with E-state index in [1.165, 1.54) is 12.1 Å². The molecule has 3 rings (SSSR count). The van der Waals surface area contributed by atoms with Gasteiger partial charge < -0.3 is 9.47 Å². The number of hydrogen-bond donors (Lipinski definition) is 0. The zero-order valence-corrected chi connectivity index (χ0v) is 15.5. The topological polar surface area (TPSA) is 21.7 Å². The highest BCUT2D eigenvalue weighted by molar-refractivity contribution is 5.29. The van der Waals surface area contributed by atoms with Gasteiger partial charge in [0.2, 0.25) is 0 Å². The molecule has 2 fully saturated rings. The average molecular weight is 371 g/mol. The Labute approximate surface area is 153 Å². The second-order valence-corrected chi connectivity index (χ2v) is 7.57. The van der Waals surface area contributed by atoms with E-state index in [1.54, 1.807) is 0 Å². The van der Waals surface area contributed by atoms with Crippen molar-refractivity contribution in [1.29, 1.82) is 0 Å². The molecule has 1 saturated carbocycles. The Morgan fingerprint density at radius 1 is 1.15 bits per heavy atom. The Morgan fingerprint density at radius 3 is 2.54 bits per heavy atom. The number of benzene rings is 1. The average Bonchev–Trinajstić information content (AvgIpc) is 2.62. The third-order valence-corrected chi connectivity index (χ3v) is 5.40. The van der Waals surface area contributed by atoms with Crippen LogP contribution in [0.3, 0.4) is 0 Å². The lowest BCUT2D eigenvalue weighted by Gasteiger charge is -2.44. The van der Waals surface area contributed by atoms with Crippen LogP contribution in [-0.4, -0.2) is 49.5 Å². The molecule has 0 unspecified atom stereocenters. The van der Waals surface area contributed by atoms with E-state index >= 15 is 0 Å². The van der Waals surface area contributed by atoms with Crippen LogP contribution in [0.25, 0.3) is 0 Å². The zero-order valence-electron chi connectivity index (χ0n) is 15.5. The minimum absolute atomic E-state index is 0.134. The number of halogens is 3. The summed E-state index contributed by atoms with van der Waals surface area (Å²) in [4.78, 5) is 2.40. The second kappa shape index (κ2) is 8.28. The van der Waals surface area contributed by atoms with Crippen LogP contribution in [-0.2, 0) is 15.7 Å². The van der Waals surface area contributed by atoms with Crippen molar-refractivity contribution in [2.75, 3.05) is 26.3 Å². The van der Waals surface area contributed by atoms with Crippen molar-refractivity contribution in [2.24, 2.45) is 0 Å². The lowest BCUT2D eigenvalue weighted by molar-refractivity contribution is -0.137. The first-order chi connectivity index (χ1) is 12.3. The first kappa shape index (κ1) is 19.6. The first-order valence-corrected chi connectivity index (χ1v) is 9.49. The molecule has 1 aliphatic carbocycles. The van der Waals surface area contributed by atoms with E-state index in [2.05, 4.69) is 4.90 Å². The van der Waals surface area contributed by atoms with Gasteiger partial charge in [0.15, 0.2) is 0 Å². The Balaban J connectivity index is 1.78. The van der Waals surface area contributed by atoms with Crippen molar-refractivity contribution in [3.63, 3.8) is 0 Å². The van der Waals surface area contributed by atoms with Crippen LogP contribution in [0.15, 0.2) is 24.3 Å². The van der Waals surface area contributed by atoms with Gasteiger partial charge in [0.25, 0.3) is 0 Å². The Kier molecular flexibility index (Phi) is 6.25. The molecule has 0 spiro atoms. The summed E-state index contributed by atoms with van der Waals surface area (Å²) >= 11 is 0. The largest absolute Gasteiger partial charge is 0.416 e. The fourth-order valence-electron chi connectivity index (χ4n) is 4.19. The third kappa shape index (κ3) is 4.78. The van der Waals surface area contributed by atoms with Crippen LogP contribution in [0.5, 0.6) is 0 Å². The van der Waals surface area contributed by atoms with Gasteiger partial charge in [-0.15, -0.1) is 0 Å². The van der Waals surface area contributed by atoms with Gasteiger partial charge in [0, 0.05) is 19.1 Å². The highest BCUT2D eigenvalue weighted by Gasteiger charge is 2.37. The number of rotatable bonds is 4. The second-order valence-electron chi connectivity index (χ2n) is 7.57. The molecule has 6 heteroatoms. The maximum absolute atomic E-state index is 13.1. The number of hydrogen-bond acceptors (Lipinski definition) is 3. The van der Waals surface area contributed by atoms with Crippen LogP contribution in [0, 0.1) is 0 Å². The molecule has 3 atom stereocenters. The maximum Gasteiger partial charge on any atom is 0.416 e. The molecule has 0 radical (unpaired) electrons. The third-order valence-electron chi connectivity index (χ3n) is 5.40. The SMILES string of the molecule is CC(C)O[C@H]1CC[C@H](c2cccc(C(F)(F)F)c2)C[C@@H]1N1CCOCC1. The van der Waals surface area contributed by atoms with E-state index in [0.29, 0.717) is 13.2 Å². The van der Waals surface area contributed by atoms with E-state index in [9.17, 15) is 13.2 Å². The lowest BCUT2D eigenvalue weighted by Crippen LogP contribution is -2.52. The lowest BCUT2D eigenvalue weighted by atomic mass is 9.78. The smallest absolute Gasteiger partial charge is 0.379 e. The van der Waals surface area contributed by atoms with Gasteiger partial charge >= 0.3 is 6.18 Å². The van der Waals surface area contributed by atoms with Gasteiger partial charge in [-0.2, -0.15) is 13.2 Å². The molecular weight excluding hydrogens is 343 g/mol. The van der Waals surface area contributed by atoms with Crippen LogP contribution in [0.2, 0.25) is 0 Å². The molecule has 0 bridgehead atoms. The van der Waals surface area contributed by atoms with Crippen LogP contribution >= 0.6 is 0 Å². The van der Waals surface area contributed by atoms with E-state index in [4.69, 9.17) is 9.47 Å². The van der Waals surface area contributed by atoms with Gasteiger partial charge in [-0.05, 0) is 50.7 Å². The fraction of sp³-hybridized carbons (Fsp3) is 0.700. The molecule has 3 nitrogen and oxygen atoms in total. The summed E-state index contributed by atoms with van der Waals surface area (Å²) in [5.41, 5.74) is 0.236. The molecule has 0 aromatic heterocycles. The minimum atomic E-state index is -4.29. The van der Waals surface area contributed by atoms with Crippen LogP contribution in [0.4, 0.5) is 13.2 Å². The molecule has 1 heterocycles. The number of ether oxygens (including phenoxy) is 2. The van der Waals surface area contributed by atoms with Gasteiger partial charge in [0.1, 0.15) is 0 Å². The van der Waals surface area contributed by atoms with Crippen LogP contribution in [0.1, 0.15) is 50.2 Å². The highest BCUT2D eigenvalue weighted by Crippen LogP contribution is 2.39. The normalized spacial score (nSPS) is 28.5. The molecule has 1 aromatic rings. The van der Waals surface area contributed by atoms with Crippen molar-refractivity contribution in [3.8, 4) is 0 Å². The fourth-order valence-corrected chi connectivity index (χ4v) is 4.19. The molecule has 146 valence electrons. The molecule has 0 amide bonds. The Hall–Kier alpha value is -1.11. The summed E-state index contributed by atoms with van der Waals surface area (Å²) in [5, 5.41) is 0. The van der Waals surface area contributed by atoms with Crippen molar-refractivity contribution in [1.82, 2.24) is 4.90 Å². The van der Waals surface area contributed by atoms with Crippen molar-refractivity contribution < 1.29 is 22.6 Å². The summed E-state index contributed by atoms with van der Waals surface area (Å²) in [6, 6.07) is 6.06. The maximum atomic E-state index is 13.1. The van der Waals surface area contributed by atoms with E-state index in [-0.39, 0.29) is 24.2 Å². The van der Waals surface area contributed by atoms with Gasteiger partial charge in [-0.25, -0.2) is 0 Å². The van der Waals surface area contributed by atoms with E-state index in [0.717, 1.165) is 44.0 Å². The summed E-state index contributed by atoms with van der Waals surface area (Å²) < 4.78 is 50.8. The Bertz CT molecular complexity index is 585. The molecule has 0 N–H and O–H groups in total. The monoisotopic (exact) mass is 371 g/mol. The molecule has 26 heavy (non-hydrogen) atoms. The number of morpholine rings is 1.